The summed E-state index contributed by atoms with van der Waals surface area (Å²) < 4.78 is 5.31. The first kappa shape index (κ1) is 13.4. The molecule has 0 atom stereocenters. The molecule has 1 aliphatic carbocycles. The fraction of sp³-hybridized carbons (Fsp3) is 0.111. The Morgan fingerprint density at radius 1 is 1.10 bits per heavy atom. The highest BCUT2D eigenvalue weighted by molar-refractivity contribution is 5.79. The fourth-order valence-corrected chi connectivity index (χ4v) is 2.77. The maximum Gasteiger partial charge on any atom is 0.407 e. The lowest BCUT2D eigenvalue weighted by Crippen LogP contribution is -2.23. The van der Waals surface area contributed by atoms with Crippen molar-refractivity contribution in [1.82, 2.24) is 5.32 Å². The van der Waals surface area contributed by atoms with E-state index >= 15 is 0 Å². The van der Waals surface area contributed by atoms with Gasteiger partial charge in [-0.15, -0.1) is 6.58 Å². The van der Waals surface area contributed by atoms with Crippen LogP contribution in [0.15, 0.2) is 61.2 Å². The van der Waals surface area contributed by atoms with Gasteiger partial charge in [-0.2, -0.15) is 0 Å². The minimum atomic E-state index is -0.461. The van der Waals surface area contributed by atoms with E-state index in [4.69, 9.17) is 4.74 Å². The molecule has 2 aromatic carbocycles. The quantitative estimate of drug-likeness (QED) is 0.922. The standard InChI is InChI=1S/C18H16NO2/c1-2-11-19-18(20)21-12-17-15-9-5-3-7-13(15)14-8-4-6-10-16(14)17/h2-11,17H,1,12H2,(H,19,20). The van der Waals surface area contributed by atoms with Crippen molar-refractivity contribution in [1.29, 1.82) is 0 Å². The summed E-state index contributed by atoms with van der Waals surface area (Å²) in [7, 11) is 0. The monoisotopic (exact) mass is 278 g/mol. The SMILES string of the molecule is C=C[CH]NC(=O)OCC1c2ccccc2-c2ccccc21. The lowest BCUT2D eigenvalue weighted by Gasteiger charge is -2.14. The average molecular weight is 278 g/mol. The van der Waals surface area contributed by atoms with Crippen molar-refractivity contribution in [2.75, 3.05) is 6.61 Å². The summed E-state index contributed by atoms with van der Waals surface area (Å²) in [5.41, 5.74) is 4.86. The number of hydrogen-bond donors (Lipinski definition) is 1. The Bertz CT molecular complexity index is 633. The molecular formula is C18H16NO2. The number of carbonyl (C=O) groups excluding carboxylic acids is 1. The van der Waals surface area contributed by atoms with Crippen LogP contribution in [0.1, 0.15) is 17.0 Å². The van der Waals surface area contributed by atoms with Crippen LogP contribution in [0.2, 0.25) is 0 Å². The number of benzene rings is 2. The van der Waals surface area contributed by atoms with Gasteiger partial charge in [0, 0.05) is 5.92 Å². The van der Waals surface area contributed by atoms with Gasteiger partial charge in [-0.3, -0.25) is 0 Å². The fourth-order valence-electron chi connectivity index (χ4n) is 2.77. The number of alkyl carbamates (subject to hydrolysis) is 1. The molecule has 3 heteroatoms. The first-order valence-corrected chi connectivity index (χ1v) is 6.87. The lowest BCUT2D eigenvalue weighted by atomic mass is 9.98. The molecule has 0 saturated carbocycles. The highest BCUT2D eigenvalue weighted by Crippen LogP contribution is 2.44. The van der Waals surface area contributed by atoms with Crippen LogP contribution >= 0.6 is 0 Å². The largest absolute Gasteiger partial charge is 0.449 e. The molecule has 3 nitrogen and oxygen atoms in total. The third-order valence-corrected chi connectivity index (χ3v) is 3.66. The van der Waals surface area contributed by atoms with E-state index in [9.17, 15) is 4.79 Å². The summed E-state index contributed by atoms with van der Waals surface area (Å²) in [4.78, 5) is 11.6. The van der Waals surface area contributed by atoms with E-state index in [1.165, 1.54) is 34.9 Å². The first-order chi connectivity index (χ1) is 10.3. The Hall–Kier alpha value is -2.55. The molecule has 0 heterocycles. The van der Waals surface area contributed by atoms with Gasteiger partial charge < -0.3 is 10.1 Å². The van der Waals surface area contributed by atoms with Gasteiger partial charge in [0.2, 0.25) is 0 Å². The molecule has 1 radical (unpaired) electrons. The van der Waals surface area contributed by atoms with Crippen LogP contribution in [0, 0.1) is 6.54 Å². The Morgan fingerprint density at radius 2 is 1.67 bits per heavy atom. The van der Waals surface area contributed by atoms with Gasteiger partial charge in [0.05, 0.1) is 6.54 Å². The van der Waals surface area contributed by atoms with Gasteiger partial charge in [0.15, 0.2) is 0 Å². The van der Waals surface area contributed by atoms with Gasteiger partial charge in [0.1, 0.15) is 6.61 Å². The predicted molar refractivity (Wildman–Crippen MR) is 82.7 cm³/mol. The molecule has 0 aliphatic heterocycles. The summed E-state index contributed by atoms with van der Waals surface area (Å²) in [6.07, 6.45) is 1.04. The average Bonchev–Trinajstić information content (AvgIpc) is 2.85. The predicted octanol–water partition coefficient (Wildman–Crippen LogP) is 3.87. The molecule has 0 fully saturated rings. The number of amides is 1. The third-order valence-electron chi connectivity index (χ3n) is 3.66. The van der Waals surface area contributed by atoms with Crippen LogP contribution in [0.25, 0.3) is 11.1 Å². The molecule has 0 bridgehead atoms. The zero-order valence-corrected chi connectivity index (χ0v) is 11.6. The second-order valence-electron chi connectivity index (χ2n) is 4.87. The minimum Gasteiger partial charge on any atom is -0.449 e. The van der Waals surface area contributed by atoms with Crippen LogP contribution in [-0.2, 0) is 4.74 Å². The lowest BCUT2D eigenvalue weighted by molar-refractivity contribution is 0.146. The van der Waals surface area contributed by atoms with Crippen molar-refractivity contribution in [3.63, 3.8) is 0 Å². The Morgan fingerprint density at radius 3 is 2.24 bits per heavy atom. The molecular weight excluding hydrogens is 262 g/mol. The van der Waals surface area contributed by atoms with Gasteiger partial charge in [0.25, 0.3) is 0 Å². The topological polar surface area (TPSA) is 38.3 Å². The number of ether oxygens (including phenoxy) is 1. The van der Waals surface area contributed by atoms with E-state index in [1.54, 1.807) is 0 Å². The maximum atomic E-state index is 11.6. The van der Waals surface area contributed by atoms with Gasteiger partial charge >= 0.3 is 6.09 Å². The molecule has 0 aromatic heterocycles. The number of rotatable bonds is 4. The second kappa shape index (κ2) is 5.83. The first-order valence-electron chi connectivity index (χ1n) is 6.87. The van der Waals surface area contributed by atoms with Crippen molar-refractivity contribution in [2.24, 2.45) is 0 Å². The molecule has 1 aliphatic rings. The van der Waals surface area contributed by atoms with Gasteiger partial charge in [-0.1, -0.05) is 54.6 Å². The smallest absolute Gasteiger partial charge is 0.407 e. The van der Waals surface area contributed by atoms with Crippen LogP contribution in [0.3, 0.4) is 0 Å². The zero-order chi connectivity index (χ0) is 14.7. The van der Waals surface area contributed by atoms with Crippen LogP contribution in [-0.4, -0.2) is 12.7 Å². The summed E-state index contributed by atoms with van der Waals surface area (Å²) in [5.74, 6) is 0.0897. The number of fused-ring (bicyclic) bond motifs is 3. The molecule has 2 aromatic rings. The zero-order valence-electron chi connectivity index (χ0n) is 11.6. The van der Waals surface area contributed by atoms with Crippen molar-refractivity contribution >= 4 is 6.09 Å². The number of carbonyl (C=O) groups is 1. The summed E-state index contributed by atoms with van der Waals surface area (Å²) >= 11 is 0. The molecule has 0 spiro atoms. The van der Waals surface area contributed by atoms with Crippen LogP contribution in [0.4, 0.5) is 4.79 Å². The third kappa shape index (κ3) is 2.55. The highest BCUT2D eigenvalue weighted by atomic mass is 16.5. The molecule has 0 saturated heterocycles. The normalized spacial score (nSPS) is 12.4. The van der Waals surface area contributed by atoms with Crippen molar-refractivity contribution in [3.05, 3.63) is 78.9 Å². The van der Waals surface area contributed by atoms with E-state index in [0.717, 1.165) is 0 Å². The van der Waals surface area contributed by atoms with Gasteiger partial charge in [-0.05, 0) is 22.3 Å². The van der Waals surface area contributed by atoms with Crippen LogP contribution < -0.4 is 5.32 Å². The Labute approximate surface area is 124 Å². The van der Waals surface area contributed by atoms with E-state index in [1.807, 2.05) is 24.3 Å². The summed E-state index contributed by atoms with van der Waals surface area (Å²) in [6, 6.07) is 16.5. The van der Waals surface area contributed by atoms with E-state index in [-0.39, 0.29) is 5.92 Å². The summed E-state index contributed by atoms with van der Waals surface area (Å²) in [5, 5.41) is 2.50. The maximum absolute atomic E-state index is 11.6. The molecule has 1 N–H and O–H groups in total. The van der Waals surface area contributed by atoms with E-state index in [0.29, 0.717) is 6.61 Å². The Balaban J connectivity index is 1.82. The molecule has 3 rings (SSSR count). The Kier molecular flexibility index (Phi) is 3.73. The van der Waals surface area contributed by atoms with Crippen molar-refractivity contribution < 1.29 is 9.53 Å². The highest BCUT2D eigenvalue weighted by Gasteiger charge is 2.28. The minimum absolute atomic E-state index is 0.0897. The van der Waals surface area contributed by atoms with E-state index < -0.39 is 6.09 Å². The number of hydrogen-bond acceptors (Lipinski definition) is 2. The summed E-state index contributed by atoms with van der Waals surface area (Å²) in [6.45, 7) is 5.29. The van der Waals surface area contributed by atoms with Crippen molar-refractivity contribution in [2.45, 2.75) is 5.92 Å². The number of nitrogens with one attached hydrogen (secondary N) is 1. The second-order valence-corrected chi connectivity index (χ2v) is 4.87. The molecule has 1 amide bonds. The molecule has 21 heavy (non-hydrogen) atoms. The van der Waals surface area contributed by atoms with Gasteiger partial charge in [-0.25, -0.2) is 4.79 Å². The van der Waals surface area contributed by atoms with Crippen molar-refractivity contribution in [3.8, 4) is 11.1 Å². The molecule has 105 valence electrons. The molecule has 0 unspecified atom stereocenters. The van der Waals surface area contributed by atoms with E-state index in [2.05, 4.69) is 36.2 Å². The van der Waals surface area contributed by atoms with Crippen LogP contribution in [0.5, 0.6) is 0 Å².